The summed E-state index contributed by atoms with van der Waals surface area (Å²) in [5.41, 5.74) is 8.49. The lowest BCUT2D eigenvalue weighted by molar-refractivity contribution is -0.131. The van der Waals surface area contributed by atoms with Gasteiger partial charge in [-0.15, -0.1) is 0 Å². The molecule has 34 heavy (non-hydrogen) atoms. The van der Waals surface area contributed by atoms with E-state index in [0.29, 0.717) is 19.4 Å². The fourth-order valence-corrected chi connectivity index (χ4v) is 4.76. The van der Waals surface area contributed by atoms with Crippen LogP contribution in [0.3, 0.4) is 0 Å². The van der Waals surface area contributed by atoms with E-state index in [1.807, 2.05) is 79.9 Å². The molecule has 2 aromatic heterocycles. The SMILES string of the molecule is CC(Cc1occ2ccccc12)(Cc1c[nH]c2ccccc12)C(=O)NC(CN)c1ccccc1. The van der Waals surface area contributed by atoms with Crippen molar-refractivity contribution in [2.45, 2.75) is 25.8 Å². The van der Waals surface area contributed by atoms with Crippen molar-refractivity contribution in [1.29, 1.82) is 0 Å². The molecule has 5 heteroatoms. The van der Waals surface area contributed by atoms with E-state index in [-0.39, 0.29) is 11.9 Å². The van der Waals surface area contributed by atoms with Gasteiger partial charge < -0.3 is 20.5 Å². The van der Waals surface area contributed by atoms with Crippen LogP contribution in [0.2, 0.25) is 0 Å². The molecule has 0 aliphatic carbocycles. The molecule has 4 N–H and O–H groups in total. The van der Waals surface area contributed by atoms with Gasteiger partial charge in [0.15, 0.2) is 0 Å². The quantitative estimate of drug-likeness (QED) is 0.290. The molecule has 2 unspecified atom stereocenters. The van der Waals surface area contributed by atoms with E-state index >= 15 is 0 Å². The topological polar surface area (TPSA) is 84.0 Å². The zero-order chi connectivity index (χ0) is 23.5. The number of amides is 1. The molecule has 0 radical (unpaired) electrons. The average Bonchev–Trinajstić information content (AvgIpc) is 3.47. The number of furan rings is 1. The van der Waals surface area contributed by atoms with Crippen LogP contribution in [0.25, 0.3) is 21.7 Å². The van der Waals surface area contributed by atoms with E-state index in [9.17, 15) is 4.79 Å². The molecule has 5 rings (SSSR count). The third kappa shape index (κ3) is 4.22. The molecule has 0 aliphatic rings. The molecular formula is C29H29N3O2. The summed E-state index contributed by atoms with van der Waals surface area (Å²) in [4.78, 5) is 17.3. The van der Waals surface area contributed by atoms with Crippen LogP contribution < -0.4 is 11.1 Å². The Hall–Kier alpha value is -3.83. The first-order valence-electron chi connectivity index (χ1n) is 11.6. The fourth-order valence-electron chi connectivity index (χ4n) is 4.76. The maximum absolute atomic E-state index is 13.9. The average molecular weight is 452 g/mol. The summed E-state index contributed by atoms with van der Waals surface area (Å²) in [6.45, 7) is 2.34. The smallest absolute Gasteiger partial charge is 0.227 e. The lowest BCUT2D eigenvalue weighted by Gasteiger charge is -2.30. The molecule has 0 fully saturated rings. The Morgan fingerprint density at radius 2 is 1.68 bits per heavy atom. The Kier molecular flexibility index (Phi) is 5.95. The van der Waals surface area contributed by atoms with Crippen molar-refractivity contribution < 1.29 is 9.21 Å². The predicted molar refractivity (Wildman–Crippen MR) is 136 cm³/mol. The normalized spacial score (nSPS) is 14.2. The Bertz CT molecular complexity index is 1340. The third-order valence-electron chi connectivity index (χ3n) is 6.69. The molecule has 5 aromatic rings. The Balaban J connectivity index is 1.51. The van der Waals surface area contributed by atoms with Gasteiger partial charge in [0.1, 0.15) is 5.76 Å². The number of H-pyrrole nitrogens is 1. The van der Waals surface area contributed by atoms with Gasteiger partial charge in [-0.25, -0.2) is 0 Å². The maximum atomic E-state index is 13.9. The van der Waals surface area contributed by atoms with Gasteiger partial charge in [-0.3, -0.25) is 4.79 Å². The number of para-hydroxylation sites is 1. The van der Waals surface area contributed by atoms with Gasteiger partial charge in [0.05, 0.1) is 17.7 Å². The van der Waals surface area contributed by atoms with Crippen molar-refractivity contribution in [1.82, 2.24) is 10.3 Å². The fraction of sp³-hybridized carbons (Fsp3) is 0.207. The highest BCUT2D eigenvalue weighted by Crippen LogP contribution is 2.34. The van der Waals surface area contributed by atoms with Crippen LogP contribution in [0.1, 0.15) is 29.9 Å². The molecule has 0 saturated carbocycles. The van der Waals surface area contributed by atoms with Crippen molar-refractivity contribution in [3.8, 4) is 0 Å². The number of rotatable bonds is 8. The summed E-state index contributed by atoms with van der Waals surface area (Å²) in [7, 11) is 0. The summed E-state index contributed by atoms with van der Waals surface area (Å²) >= 11 is 0. The van der Waals surface area contributed by atoms with Gasteiger partial charge in [0.25, 0.3) is 0 Å². The highest BCUT2D eigenvalue weighted by Gasteiger charge is 2.37. The largest absolute Gasteiger partial charge is 0.468 e. The summed E-state index contributed by atoms with van der Waals surface area (Å²) < 4.78 is 5.97. The number of nitrogens with two attached hydrogens (primary N) is 1. The molecular weight excluding hydrogens is 422 g/mol. The van der Waals surface area contributed by atoms with E-state index in [4.69, 9.17) is 10.2 Å². The zero-order valence-corrected chi connectivity index (χ0v) is 19.3. The van der Waals surface area contributed by atoms with Gasteiger partial charge >= 0.3 is 0 Å². The minimum atomic E-state index is -0.756. The van der Waals surface area contributed by atoms with E-state index in [2.05, 4.69) is 22.4 Å². The number of fused-ring (bicyclic) bond motifs is 2. The number of benzene rings is 3. The monoisotopic (exact) mass is 451 g/mol. The van der Waals surface area contributed by atoms with Crippen LogP contribution in [-0.2, 0) is 17.6 Å². The molecule has 3 aromatic carbocycles. The van der Waals surface area contributed by atoms with Crippen molar-refractivity contribution in [2.24, 2.45) is 11.1 Å². The van der Waals surface area contributed by atoms with E-state index in [0.717, 1.165) is 38.6 Å². The van der Waals surface area contributed by atoms with Crippen LogP contribution in [0.5, 0.6) is 0 Å². The first-order valence-corrected chi connectivity index (χ1v) is 11.6. The second-order valence-electron chi connectivity index (χ2n) is 9.19. The number of aromatic amines is 1. The first-order chi connectivity index (χ1) is 16.6. The van der Waals surface area contributed by atoms with Gasteiger partial charge in [-0.05, 0) is 30.5 Å². The molecule has 2 heterocycles. The molecule has 5 nitrogen and oxygen atoms in total. The van der Waals surface area contributed by atoms with Crippen molar-refractivity contribution >= 4 is 27.6 Å². The van der Waals surface area contributed by atoms with Gasteiger partial charge in [-0.1, -0.05) is 72.8 Å². The number of hydrogen-bond acceptors (Lipinski definition) is 3. The lowest BCUT2D eigenvalue weighted by atomic mass is 9.78. The van der Waals surface area contributed by atoms with Crippen LogP contribution in [0.15, 0.2) is 95.7 Å². The minimum absolute atomic E-state index is 0.0439. The molecule has 2 atom stereocenters. The van der Waals surface area contributed by atoms with Crippen LogP contribution in [0, 0.1) is 5.41 Å². The van der Waals surface area contributed by atoms with Gasteiger partial charge in [0, 0.05) is 40.8 Å². The van der Waals surface area contributed by atoms with Crippen LogP contribution in [0.4, 0.5) is 0 Å². The van der Waals surface area contributed by atoms with Crippen molar-refractivity contribution in [2.75, 3.05) is 6.54 Å². The summed E-state index contributed by atoms with van der Waals surface area (Å²) in [6.07, 6.45) is 4.80. The van der Waals surface area contributed by atoms with E-state index < -0.39 is 5.41 Å². The Morgan fingerprint density at radius 3 is 2.47 bits per heavy atom. The standard InChI is InChI=1S/C29H29N3O2/c1-29(15-22-18-31-25-14-8-7-12-23(22)25,16-27-24-13-6-5-11-21(24)19-34-27)28(33)32-26(17-30)20-9-3-2-4-10-20/h2-14,18-19,26,31H,15-17,30H2,1H3,(H,32,33). The predicted octanol–water partition coefficient (Wildman–Crippen LogP) is 5.52. The number of hydrogen-bond donors (Lipinski definition) is 3. The van der Waals surface area contributed by atoms with E-state index in [1.54, 1.807) is 6.26 Å². The number of aromatic nitrogens is 1. The molecule has 0 spiro atoms. The van der Waals surface area contributed by atoms with E-state index in [1.165, 1.54) is 0 Å². The summed E-state index contributed by atoms with van der Waals surface area (Å²) in [5.74, 6) is 0.773. The highest BCUT2D eigenvalue weighted by molar-refractivity contribution is 5.88. The molecule has 0 saturated heterocycles. The summed E-state index contributed by atoms with van der Waals surface area (Å²) in [6, 6.07) is 25.9. The second kappa shape index (κ2) is 9.20. The molecule has 1 amide bonds. The Morgan fingerprint density at radius 1 is 0.971 bits per heavy atom. The Labute approximate surface area is 199 Å². The maximum Gasteiger partial charge on any atom is 0.227 e. The first kappa shape index (κ1) is 22.0. The van der Waals surface area contributed by atoms with Gasteiger partial charge in [0.2, 0.25) is 5.91 Å². The molecule has 0 bridgehead atoms. The zero-order valence-electron chi connectivity index (χ0n) is 19.3. The van der Waals surface area contributed by atoms with Crippen molar-refractivity contribution in [3.05, 3.63) is 108 Å². The number of carbonyl (C=O) groups excluding carboxylic acids is 1. The highest BCUT2D eigenvalue weighted by atomic mass is 16.3. The van der Waals surface area contributed by atoms with Crippen LogP contribution >= 0.6 is 0 Å². The minimum Gasteiger partial charge on any atom is -0.468 e. The van der Waals surface area contributed by atoms with Gasteiger partial charge in [-0.2, -0.15) is 0 Å². The number of carbonyl (C=O) groups is 1. The van der Waals surface area contributed by atoms with Crippen molar-refractivity contribution in [3.63, 3.8) is 0 Å². The summed E-state index contributed by atoms with van der Waals surface area (Å²) in [5, 5.41) is 6.44. The molecule has 172 valence electrons. The number of nitrogens with one attached hydrogen (secondary N) is 2. The second-order valence-corrected chi connectivity index (χ2v) is 9.19. The molecule has 0 aliphatic heterocycles. The lowest BCUT2D eigenvalue weighted by Crippen LogP contribution is -2.45. The third-order valence-corrected chi connectivity index (χ3v) is 6.69. The van der Waals surface area contributed by atoms with Crippen LogP contribution in [-0.4, -0.2) is 17.4 Å².